The maximum absolute atomic E-state index is 12.6. The molecule has 3 rings (SSSR count). The molecule has 0 aliphatic carbocycles. The summed E-state index contributed by atoms with van der Waals surface area (Å²) in [5, 5.41) is 12.4. The molecule has 0 spiro atoms. The maximum atomic E-state index is 12.6. The highest BCUT2D eigenvalue weighted by molar-refractivity contribution is 9.10. The molecule has 2 aromatic rings. The minimum atomic E-state index is -0.493. The van der Waals surface area contributed by atoms with Crippen molar-refractivity contribution in [2.45, 2.75) is 18.7 Å². The van der Waals surface area contributed by atoms with Crippen molar-refractivity contribution in [3.63, 3.8) is 0 Å². The summed E-state index contributed by atoms with van der Waals surface area (Å²) in [5.41, 5.74) is 1.50. The summed E-state index contributed by atoms with van der Waals surface area (Å²) in [5.74, 6) is -0.645. The molecular weight excluding hydrogens is 426 g/mol. The van der Waals surface area contributed by atoms with Gasteiger partial charge in [-0.3, -0.25) is 14.5 Å². The molecule has 1 aliphatic heterocycles. The Balaban J connectivity index is 1.91. The Bertz CT molecular complexity index is 936. The topological polar surface area (TPSA) is 73.2 Å². The van der Waals surface area contributed by atoms with Gasteiger partial charge in [0.1, 0.15) is 16.7 Å². The van der Waals surface area contributed by atoms with Gasteiger partial charge in [-0.15, -0.1) is 0 Å². The van der Waals surface area contributed by atoms with E-state index in [9.17, 15) is 14.9 Å². The zero-order valence-electron chi connectivity index (χ0n) is 14.5. The molecule has 2 amide bonds. The zero-order valence-corrected chi connectivity index (χ0v) is 16.9. The molecular formula is C20H16BrN3O2S. The average Bonchev–Trinajstić information content (AvgIpc) is 2.97. The van der Waals surface area contributed by atoms with Crippen LogP contribution >= 0.6 is 27.7 Å². The molecule has 5 nitrogen and oxygen atoms in total. The summed E-state index contributed by atoms with van der Waals surface area (Å²) in [6.45, 7) is 2.08. The molecule has 0 aromatic heterocycles. The number of amides is 2. The summed E-state index contributed by atoms with van der Waals surface area (Å²) < 4.78 is 0.880. The maximum Gasteiger partial charge on any atom is 0.264 e. The second-order valence-corrected chi connectivity index (χ2v) is 8.12. The van der Waals surface area contributed by atoms with Crippen LogP contribution in [0.2, 0.25) is 0 Å². The number of thioether (sulfide) groups is 1. The van der Waals surface area contributed by atoms with Crippen LogP contribution in [0.15, 0.2) is 69.7 Å². The molecule has 136 valence electrons. The van der Waals surface area contributed by atoms with Gasteiger partial charge in [0.05, 0.1) is 5.25 Å². The lowest BCUT2D eigenvalue weighted by Crippen LogP contribution is -2.30. The molecule has 0 bridgehead atoms. The van der Waals surface area contributed by atoms with E-state index in [0.717, 1.165) is 10.0 Å². The standard InChI is InChI=1S/C20H16BrN3O2S/c1-13-19(26)24(16-9-7-15(21)8-10-16)20(27-13)17(11-22)18(25)23-12-14-5-3-2-4-6-14/h2-10,13H,12H2,1H3,(H,23,25). The van der Waals surface area contributed by atoms with E-state index in [4.69, 9.17) is 0 Å². The van der Waals surface area contributed by atoms with Crippen LogP contribution in [0, 0.1) is 11.3 Å². The first-order chi connectivity index (χ1) is 13.0. The van der Waals surface area contributed by atoms with Crippen LogP contribution in [0.5, 0.6) is 0 Å². The van der Waals surface area contributed by atoms with Gasteiger partial charge in [-0.25, -0.2) is 0 Å². The third-order valence-corrected chi connectivity index (χ3v) is 5.69. The summed E-state index contributed by atoms with van der Waals surface area (Å²) in [7, 11) is 0. The van der Waals surface area contributed by atoms with Crippen LogP contribution in [0.25, 0.3) is 0 Å². The van der Waals surface area contributed by atoms with E-state index in [0.29, 0.717) is 17.3 Å². The average molecular weight is 442 g/mol. The van der Waals surface area contributed by atoms with Crippen molar-refractivity contribution in [1.29, 1.82) is 5.26 Å². The molecule has 1 fully saturated rings. The number of nitrogens with zero attached hydrogens (tertiary/aromatic N) is 2. The second kappa shape index (κ2) is 8.42. The summed E-state index contributed by atoms with van der Waals surface area (Å²) in [6.07, 6.45) is 0. The van der Waals surface area contributed by atoms with Crippen molar-refractivity contribution in [2.75, 3.05) is 4.90 Å². The number of carbonyl (C=O) groups excluding carboxylic acids is 2. The van der Waals surface area contributed by atoms with E-state index in [2.05, 4.69) is 21.2 Å². The Morgan fingerprint density at radius 3 is 2.52 bits per heavy atom. The van der Waals surface area contributed by atoms with Crippen LogP contribution in [-0.4, -0.2) is 17.1 Å². The minimum Gasteiger partial charge on any atom is -0.347 e. The van der Waals surface area contributed by atoms with Crippen LogP contribution in [0.3, 0.4) is 0 Å². The highest BCUT2D eigenvalue weighted by Gasteiger charge is 2.38. The fourth-order valence-corrected chi connectivity index (χ4v) is 3.98. The zero-order chi connectivity index (χ0) is 19.4. The third-order valence-electron chi connectivity index (χ3n) is 3.99. The van der Waals surface area contributed by atoms with Crippen LogP contribution in [-0.2, 0) is 16.1 Å². The van der Waals surface area contributed by atoms with Crippen molar-refractivity contribution in [2.24, 2.45) is 0 Å². The van der Waals surface area contributed by atoms with Gasteiger partial charge < -0.3 is 5.32 Å². The molecule has 2 aromatic carbocycles. The van der Waals surface area contributed by atoms with Gasteiger partial charge in [-0.2, -0.15) is 5.26 Å². The lowest BCUT2D eigenvalue weighted by Gasteiger charge is -2.18. The fourth-order valence-electron chi connectivity index (χ4n) is 2.62. The van der Waals surface area contributed by atoms with Crippen molar-refractivity contribution < 1.29 is 9.59 Å². The predicted octanol–water partition coefficient (Wildman–Crippen LogP) is 3.97. The summed E-state index contributed by atoms with van der Waals surface area (Å²) in [6, 6.07) is 18.6. The Morgan fingerprint density at radius 1 is 1.22 bits per heavy atom. The fraction of sp³-hybridized carbons (Fsp3) is 0.150. The number of carbonyl (C=O) groups is 2. The van der Waals surface area contributed by atoms with E-state index in [1.807, 2.05) is 48.5 Å². The predicted molar refractivity (Wildman–Crippen MR) is 110 cm³/mol. The molecule has 0 radical (unpaired) electrons. The molecule has 1 unspecified atom stereocenters. The molecule has 1 N–H and O–H groups in total. The molecule has 0 saturated carbocycles. The Kier molecular flexibility index (Phi) is 5.99. The first kappa shape index (κ1) is 19.2. The summed E-state index contributed by atoms with van der Waals surface area (Å²) in [4.78, 5) is 26.7. The van der Waals surface area contributed by atoms with Crippen molar-refractivity contribution in [3.8, 4) is 6.07 Å². The van der Waals surface area contributed by atoms with E-state index in [-0.39, 0.29) is 16.7 Å². The number of nitrogens with one attached hydrogen (secondary N) is 1. The highest BCUT2D eigenvalue weighted by Crippen LogP contribution is 2.40. The highest BCUT2D eigenvalue weighted by atomic mass is 79.9. The van der Waals surface area contributed by atoms with Crippen molar-refractivity contribution in [1.82, 2.24) is 5.32 Å². The van der Waals surface area contributed by atoms with E-state index in [1.165, 1.54) is 16.7 Å². The van der Waals surface area contributed by atoms with Gasteiger partial charge in [-0.05, 0) is 36.8 Å². The third kappa shape index (κ3) is 4.24. The first-order valence-electron chi connectivity index (χ1n) is 8.24. The molecule has 1 saturated heterocycles. The van der Waals surface area contributed by atoms with Gasteiger partial charge in [-0.1, -0.05) is 58.0 Å². The SMILES string of the molecule is CC1SC(=C(C#N)C(=O)NCc2ccccc2)N(c2ccc(Br)cc2)C1=O. The van der Waals surface area contributed by atoms with E-state index < -0.39 is 5.91 Å². The number of benzene rings is 2. The number of hydrogen-bond donors (Lipinski definition) is 1. The molecule has 27 heavy (non-hydrogen) atoms. The van der Waals surface area contributed by atoms with Gasteiger partial charge in [0.15, 0.2) is 0 Å². The quantitative estimate of drug-likeness (QED) is 0.575. The van der Waals surface area contributed by atoms with E-state index in [1.54, 1.807) is 19.1 Å². The lowest BCUT2D eigenvalue weighted by molar-refractivity contribution is -0.117. The molecule has 1 atom stereocenters. The monoisotopic (exact) mass is 441 g/mol. The Labute approximate surface area is 170 Å². The number of hydrogen-bond acceptors (Lipinski definition) is 4. The molecule has 1 heterocycles. The first-order valence-corrected chi connectivity index (χ1v) is 9.91. The minimum absolute atomic E-state index is 0.0588. The van der Waals surface area contributed by atoms with Gasteiger partial charge in [0.25, 0.3) is 5.91 Å². The second-order valence-electron chi connectivity index (χ2n) is 5.87. The number of rotatable bonds is 4. The van der Waals surface area contributed by atoms with Crippen molar-refractivity contribution >= 4 is 45.2 Å². The number of halogens is 1. The van der Waals surface area contributed by atoms with Gasteiger partial charge >= 0.3 is 0 Å². The Hall–Kier alpha value is -2.56. The smallest absolute Gasteiger partial charge is 0.264 e. The van der Waals surface area contributed by atoms with Crippen LogP contribution in [0.1, 0.15) is 12.5 Å². The lowest BCUT2D eigenvalue weighted by atomic mass is 10.2. The number of anilines is 1. The number of nitriles is 1. The van der Waals surface area contributed by atoms with E-state index >= 15 is 0 Å². The van der Waals surface area contributed by atoms with Gasteiger partial charge in [0, 0.05) is 16.7 Å². The normalized spacial score (nSPS) is 18.2. The molecule has 1 aliphatic rings. The van der Waals surface area contributed by atoms with Crippen molar-refractivity contribution in [3.05, 3.63) is 75.2 Å². The molecule has 7 heteroatoms. The van der Waals surface area contributed by atoms with Crippen LogP contribution in [0.4, 0.5) is 5.69 Å². The van der Waals surface area contributed by atoms with Gasteiger partial charge in [0.2, 0.25) is 5.91 Å². The summed E-state index contributed by atoms with van der Waals surface area (Å²) >= 11 is 4.59. The largest absolute Gasteiger partial charge is 0.347 e. The van der Waals surface area contributed by atoms with Crippen LogP contribution < -0.4 is 10.2 Å². The Morgan fingerprint density at radius 2 is 1.89 bits per heavy atom.